The number of likely N-dealkylation sites (N-methyl/N-ethyl adjacent to an activating group) is 1. The van der Waals surface area contributed by atoms with E-state index in [1.165, 1.54) is 23.4 Å². The minimum absolute atomic E-state index is 0.0899. The lowest BCUT2D eigenvalue weighted by Crippen LogP contribution is -2.36. The Balaban J connectivity index is 1.86. The fourth-order valence-corrected chi connectivity index (χ4v) is 3.34. The second-order valence-electron chi connectivity index (χ2n) is 6.61. The molecule has 4 nitrogen and oxygen atoms in total. The van der Waals surface area contributed by atoms with Crippen LogP contribution in [0.3, 0.4) is 0 Å². The van der Waals surface area contributed by atoms with Gasteiger partial charge in [0.15, 0.2) is 5.82 Å². The van der Waals surface area contributed by atoms with Crippen molar-refractivity contribution in [2.24, 2.45) is 0 Å². The summed E-state index contributed by atoms with van der Waals surface area (Å²) in [5.41, 5.74) is 2.52. The molecule has 0 radical (unpaired) electrons. The maximum atomic E-state index is 13.9. The van der Waals surface area contributed by atoms with Crippen molar-refractivity contribution >= 4 is 5.91 Å². The second kappa shape index (κ2) is 6.69. The molecule has 2 aromatic rings. The van der Waals surface area contributed by atoms with E-state index in [1.807, 2.05) is 14.1 Å². The predicted octanol–water partition coefficient (Wildman–Crippen LogP) is 2.70. The molecule has 0 unspecified atom stereocenters. The first-order chi connectivity index (χ1) is 11.5. The predicted molar refractivity (Wildman–Crippen MR) is 91.5 cm³/mol. The lowest BCUT2D eigenvalue weighted by atomic mass is 9.93. The van der Waals surface area contributed by atoms with E-state index < -0.39 is 5.82 Å². The van der Waals surface area contributed by atoms with Crippen molar-refractivity contribution < 1.29 is 9.18 Å². The highest BCUT2D eigenvalue weighted by Crippen LogP contribution is 2.31. The summed E-state index contributed by atoms with van der Waals surface area (Å²) in [6, 6.07) is 10.1. The van der Waals surface area contributed by atoms with Crippen molar-refractivity contribution in [3.63, 3.8) is 0 Å². The SMILES string of the molecule is Cc1ccc([C@@H]2CN(C(=O)c3ccncc3F)C[C@H]2N(C)C)cc1. The number of hydrogen-bond donors (Lipinski definition) is 0. The molecule has 3 rings (SSSR count). The number of amides is 1. The van der Waals surface area contributed by atoms with Gasteiger partial charge >= 0.3 is 0 Å². The third-order valence-corrected chi connectivity index (χ3v) is 4.75. The largest absolute Gasteiger partial charge is 0.336 e. The van der Waals surface area contributed by atoms with Gasteiger partial charge in [-0.05, 0) is 32.6 Å². The van der Waals surface area contributed by atoms with Crippen LogP contribution in [0.5, 0.6) is 0 Å². The molecule has 0 aliphatic carbocycles. The zero-order valence-corrected chi connectivity index (χ0v) is 14.2. The van der Waals surface area contributed by atoms with Crippen LogP contribution in [0.4, 0.5) is 4.39 Å². The molecule has 0 saturated carbocycles. The Morgan fingerprint density at radius 1 is 1.21 bits per heavy atom. The van der Waals surface area contributed by atoms with Crippen LogP contribution in [-0.4, -0.2) is 53.9 Å². The van der Waals surface area contributed by atoms with Crippen molar-refractivity contribution in [1.82, 2.24) is 14.8 Å². The van der Waals surface area contributed by atoms with E-state index in [9.17, 15) is 9.18 Å². The monoisotopic (exact) mass is 327 g/mol. The third-order valence-electron chi connectivity index (χ3n) is 4.75. The average Bonchev–Trinajstić information content (AvgIpc) is 3.01. The molecule has 1 fully saturated rings. The molecule has 1 saturated heterocycles. The number of pyridine rings is 1. The third kappa shape index (κ3) is 3.17. The van der Waals surface area contributed by atoms with E-state index in [0.717, 1.165) is 6.20 Å². The van der Waals surface area contributed by atoms with Crippen LogP contribution in [0.25, 0.3) is 0 Å². The molecule has 126 valence electrons. The van der Waals surface area contributed by atoms with Crippen LogP contribution >= 0.6 is 0 Å². The van der Waals surface area contributed by atoms with E-state index in [0.29, 0.717) is 13.1 Å². The standard InChI is InChI=1S/C19H22FN3O/c1-13-4-6-14(7-5-13)16-11-23(12-18(16)22(2)3)19(24)15-8-9-21-10-17(15)20/h4-10,16,18H,11-12H2,1-3H3/t16-,18+/m0/s1. The Hall–Kier alpha value is -2.27. The molecule has 24 heavy (non-hydrogen) atoms. The zero-order chi connectivity index (χ0) is 17.3. The van der Waals surface area contributed by atoms with E-state index in [-0.39, 0.29) is 23.4 Å². The van der Waals surface area contributed by atoms with E-state index in [4.69, 9.17) is 0 Å². The van der Waals surface area contributed by atoms with Crippen LogP contribution in [0.2, 0.25) is 0 Å². The van der Waals surface area contributed by atoms with Crippen molar-refractivity contribution in [2.45, 2.75) is 18.9 Å². The zero-order valence-electron chi connectivity index (χ0n) is 14.2. The number of likely N-dealkylation sites (tertiary alicyclic amines) is 1. The highest BCUT2D eigenvalue weighted by molar-refractivity contribution is 5.94. The number of rotatable bonds is 3. The van der Waals surface area contributed by atoms with E-state index in [1.54, 1.807) is 4.90 Å². The van der Waals surface area contributed by atoms with Crippen molar-refractivity contribution in [2.75, 3.05) is 27.2 Å². The van der Waals surface area contributed by atoms with Gasteiger partial charge in [-0.1, -0.05) is 29.8 Å². The second-order valence-corrected chi connectivity index (χ2v) is 6.61. The van der Waals surface area contributed by atoms with Crippen LogP contribution < -0.4 is 0 Å². The van der Waals surface area contributed by atoms with Crippen molar-refractivity contribution in [3.05, 3.63) is 65.2 Å². The summed E-state index contributed by atoms with van der Waals surface area (Å²) in [5.74, 6) is -0.617. The van der Waals surface area contributed by atoms with Crippen LogP contribution in [0.1, 0.15) is 27.4 Å². The minimum Gasteiger partial charge on any atom is -0.336 e. The molecule has 0 N–H and O–H groups in total. The Morgan fingerprint density at radius 2 is 1.92 bits per heavy atom. The van der Waals surface area contributed by atoms with Gasteiger partial charge in [0.05, 0.1) is 11.8 Å². The van der Waals surface area contributed by atoms with Gasteiger partial charge in [-0.15, -0.1) is 0 Å². The highest BCUT2D eigenvalue weighted by Gasteiger charge is 2.38. The lowest BCUT2D eigenvalue weighted by Gasteiger charge is -2.25. The molecule has 1 aromatic heterocycles. The summed E-state index contributed by atoms with van der Waals surface area (Å²) in [6.45, 7) is 3.24. The summed E-state index contributed by atoms with van der Waals surface area (Å²) in [4.78, 5) is 20.3. The number of carbonyl (C=O) groups is 1. The molecule has 0 bridgehead atoms. The van der Waals surface area contributed by atoms with Gasteiger partial charge in [0.2, 0.25) is 0 Å². The van der Waals surface area contributed by atoms with Gasteiger partial charge in [0, 0.05) is 31.2 Å². The van der Waals surface area contributed by atoms with Gasteiger partial charge in [0.1, 0.15) is 0 Å². The quantitative estimate of drug-likeness (QED) is 0.870. The number of aryl methyl sites for hydroxylation is 1. The van der Waals surface area contributed by atoms with E-state index in [2.05, 4.69) is 41.1 Å². The van der Waals surface area contributed by atoms with Crippen LogP contribution in [0.15, 0.2) is 42.7 Å². The average molecular weight is 327 g/mol. The number of halogens is 1. The topological polar surface area (TPSA) is 36.4 Å². The highest BCUT2D eigenvalue weighted by atomic mass is 19.1. The number of benzene rings is 1. The van der Waals surface area contributed by atoms with Gasteiger partial charge < -0.3 is 9.80 Å². The Labute approximate surface area is 141 Å². The molecule has 2 atom stereocenters. The molecule has 1 aliphatic heterocycles. The summed E-state index contributed by atoms with van der Waals surface area (Å²) < 4.78 is 13.9. The fourth-order valence-electron chi connectivity index (χ4n) is 3.34. The summed E-state index contributed by atoms with van der Waals surface area (Å²) in [7, 11) is 4.04. The van der Waals surface area contributed by atoms with Gasteiger partial charge in [-0.3, -0.25) is 9.78 Å². The number of carbonyl (C=O) groups excluding carboxylic acids is 1. The summed E-state index contributed by atoms with van der Waals surface area (Å²) in [5, 5.41) is 0. The normalized spacial score (nSPS) is 20.6. The van der Waals surface area contributed by atoms with Gasteiger partial charge in [-0.2, -0.15) is 0 Å². The fraction of sp³-hybridized carbons (Fsp3) is 0.368. The molecular formula is C19H22FN3O. The molecule has 1 aliphatic rings. The maximum Gasteiger partial charge on any atom is 0.257 e. The molecule has 1 amide bonds. The number of nitrogens with zero attached hydrogens (tertiary/aromatic N) is 3. The molecule has 1 aromatic carbocycles. The maximum absolute atomic E-state index is 13.9. The summed E-state index contributed by atoms with van der Waals surface area (Å²) in [6.07, 6.45) is 2.54. The van der Waals surface area contributed by atoms with Crippen molar-refractivity contribution in [3.8, 4) is 0 Å². The lowest BCUT2D eigenvalue weighted by molar-refractivity contribution is 0.0777. The van der Waals surface area contributed by atoms with E-state index >= 15 is 0 Å². The van der Waals surface area contributed by atoms with Crippen LogP contribution in [-0.2, 0) is 0 Å². The molecule has 2 heterocycles. The molecular weight excluding hydrogens is 305 g/mol. The first-order valence-electron chi connectivity index (χ1n) is 8.09. The summed E-state index contributed by atoms with van der Waals surface area (Å²) >= 11 is 0. The van der Waals surface area contributed by atoms with Crippen molar-refractivity contribution in [1.29, 1.82) is 0 Å². The molecule has 0 spiro atoms. The Kier molecular flexibility index (Phi) is 4.62. The van der Waals surface area contributed by atoms with Gasteiger partial charge in [-0.25, -0.2) is 4.39 Å². The first-order valence-corrected chi connectivity index (χ1v) is 8.09. The number of hydrogen-bond acceptors (Lipinski definition) is 3. The van der Waals surface area contributed by atoms with Gasteiger partial charge in [0.25, 0.3) is 5.91 Å². The number of aromatic nitrogens is 1. The first kappa shape index (κ1) is 16.6. The Bertz CT molecular complexity index is 730. The smallest absolute Gasteiger partial charge is 0.257 e. The molecule has 5 heteroatoms. The minimum atomic E-state index is -0.567. The van der Waals surface area contributed by atoms with Crippen LogP contribution in [0, 0.1) is 12.7 Å². The Morgan fingerprint density at radius 3 is 2.54 bits per heavy atom.